The predicted molar refractivity (Wildman–Crippen MR) is 87.4 cm³/mol. The van der Waals surface area contributed by atoms with Gasteiger partial charge in [0.15, 0.2) is 0 Å². The Hall–Kier alpha value is -1.21. The SMILES string of the molecule is CNCc1ccc(S(=O)(=O)NCc2ccc(Br)cc2)cc1. The quantitative estimate of drug-likeness (QED) is 0.823. The molecule has 4 nitrogen and oxygen atoms in total. The molecule has 0 spiro atoms. The van der Waals surface area contributed by atoms with E-state index in [9.17, 15) is 8.42 Å². The van der Waals surface area contributed by atoms with Crippen molar-refractivity contribution in [3.63, 3.8) is 0 Å². The standard InChI is InChI=1S/C15H17BrN2O2S/c1-17-10-12-4-8-15(9-5-12)21(19,20)18-11-13-2-6-14(16)7-3-13/h2-9,17-18H,10-11H2,1H3. The molecule has 0 aliphatic heterocycles. The number of benzene rings is 2. The summed E-state index contributed by atoms with van der Waals surface area (Å²) in [6.45, 7) is 0.987. The molecule has 2 N–H and O–H groups in total. The molecule has 0 aliphatic rings. The topological polar surface area (TPSA) is 58.2 Å². The van der Waals surface area contributed by atoms with Crippen LogP contribution in [0.15, 0.2) is 57.9 Å². The molecular weight excluding hydrogens is 352 g/mol. The smallest absolute Gasteiger partial charge is 0.240 e. The van der Waals surface area contributed by atoms with E-state index in [0.29, 0.717) is 6.54 Å². The van der Waals surface area contributed by atoms with Gasteiger partial charge < -0.3 is 5.32 Å². The van der Waals surface area contributed by atoms with Crippen LogP contribution in [0.1, 0.15) is 11.1 Å². The first-order valence-corrected chi connectivity index (χ1v) is 8.76. The highest BCUT2D eigenvalue weighted by atomic mass is 79.9. The summed E-state index contributed by atoms with van der Waals surface area (Å²) in [6.07, 6.45) is 0. The monoisotopic (exact) mass is 368 g/mol. The van der Waals surface area contributed by atoms with Crippen molar-refractivity contribution in [3.8, 4) is 0 Å². The number of nitrogens with one attached hydrogen (secondary N) is 2. The highest BCUT2D eigenvalue weighted by molar-refractivity contribution is 9.10. The molecule has 0 amide bonds. The molecule has 2 aromatic carbocycles. The number of halogens is 1. The first kappa shape index (κ1) is 16.2. The molecule has 0 aromatic heterocycles. The van der Waals surface area contributed by atoms with Crippen LogP contribution in [0.4, 0.5) is 0 Å². The molecule has 0 unspecified atom stereocenters. The summed E-state index contributed by atoms with van der Waals surface area (Å²) in [5.74, 6) is 0. The zero-order valence-electron chi connectivity index (χ0n) is 11.6. The van der Waals surface area contributed by atoms with Gasteiger partial charge in [-0.3, -0.25) is 0 Å². The van der Waals surface area contributed by atoms with Crippen molar-refractivity contribution in [3.05, 3.63) is 64.1 Å². The normalized spacial score (nSPS) is 11.5. The second kappa shape index (κ2) is 7.17. The summed E-state index contributed by atoms with van der Waals surface area (Å²) < 4.78 is 28.0. The van der Waals surface area contributed by atoms with Gasteiger partial charge in [-0.2, -0.15) is 0 Å². The summed E-state index contributed by atoms with van der Waals surface area (Å²) in [6, 6.07) is 14.4. The van der Waals surface area contributed by atoms with Gasteiger partial charge in [-0.05, 0) is 42.4 Å². The highest BCUT2D eigenvalue weighted by Gasteiger charge is 2.13. The lowest BCUT2D eigenvalue weighted by Crippen LogP contribution is -2.23. The Kier molecular flexibility index (Phi) is 5.52. The highest BCUT2D eigenvalue weighted by Crippen LogP contribution is 2.13. The average Bonchev–Trinajstić information content (AvgIpc) is 2.48. The maximum atomic E-state index is 12.2. The summed E-state index contributed by atoms with van der Waals surface area (Å²) in [4.78, 5) is 0.277. The third-order valence-corrected chi connectivity index (χ3v) is 4.94. The molecule has 21 heavy (non-hydrogen) atoms. The summed E-state index contributed by atoms with van der Waals surface area (Å²) >= 11 is 3.35. The fourth-order valence-corrected chi connectivity index (χ4v) is 3.14. The van der Waals surface area contributed by atoms with E-state index in [1.165, 1.54) is 0 Å². The molecule has 2 rings (SSSR count). The van der Waals surface area contributed by atoms with Gasteiger partial charge in [0.1, 0.15) is 0 Å². The molecule has 0 atom stereocenters. The molecule has 6 heteroatoms. The van der Waals surface area contributed by atoms with E-state index in [4.69, 9.17) is 0 Å². The number of hydrogen-bond acceptors (Lipinski definition) is 3. The van der Waals surface area contributed by atoms with Gasteiger partial charge in [-0.25, -0.2) is 13.1 Å². The minimum absolute atomic E-state index is 0.272. The van der Waals surface area contributed by atoms with Crippen LogP contribution in [-0.4, -0.2) is 15.5 Å². The molecule has 0 bridgehead atoms. The Morgan fingerprint density at radius 2 is 1.43 bits per heavy atom. The van der Waals surface area contributed by atoms with Gasteiger partial charge in [0.2, 0.25) is 10.0 Å². The largest absolute Gasteiger partial charge is 0.316 e. The van der Waals surface area contributed by atoms with E-state index in [2.05, 4.69) is 26.0 Å². The van der Waals surface area contributed by atoms with Crippen molar-refractivity contribution in [1.82, 2.24) is 10.0 Å². The van der Waals surface area contributed by atoms with E-state index in [1.807, 2.05) is 43.4 Å². The van der Waals surface area contributed by atoms with Gasteiger partial charge in [0.25, 0.3) is 0 Å². The van der Waals surface area contributed by atoms with Crippen LogP contribution in [-0.2, 0) is 23.1 Å². The maximum Gasteiger partial charge on any atom is 0.240 e. The van der Waals surface area contributed by atoms with Crippen molar-refractivity contribution in [2.24, 2.45) is 0 Å². The van der Waals surface area contributed by atoms with Crippen molar-refractivity contribution < 1.29 is 8.42 Å². The fraction of sp³-hybridized carbons (Fsp3) is 0.200. The Bertz CT molecular complexity index is 683. The number of hydrogen-bond donors (Lipinski definition) is 2. The molecular formula is C15H17BrN2O2S. The molecule has 0 fully saturated rings. The van der Waals surface area contributed by atoms with Gasteiger partial charge in [-0.1, -0.05) is 40.2 Å². The van der Waals surface area contributed by atoms with Gasteiger partial charge in [0, 0.05) is 17.6 Å². The van der Waals surface area contributed by atoms with E-state index >= 15 is 0 Å². The Balaban J connectivity index is 2.05. The minimum Gasteiger partial charge on any atom is -0.316 e. The summed E-state index contributed by atoms with van der Waals surface area (Å²) in [5.41, 5.74) is 1.96. The van der Waals surface area contributed by atoms with Crippen LogP contribution in [0.25, 0.3) is 0 Å². The fourth-order valence-electron chi connectivity index (χ4n) is 1.85. The second-order valence-corrected chi connectivity index (χ2v) is 7.31. The van der Waals surface area contributed by atoms with Crippen LogP contribution in [0.2, 0.25) is 0 Å². The van der Waals surface area contributed by atoms with Crippen LogP contribution in [0, 0.1) is 0 Å². The van der Waals surface area contributed by atoms with Gasteiger partial charge >= 0.3 is 0 Å². The maximum absolute atomic E-state index is 12.2. The van der Waals surface area contributed by atoms with Gasteiger partial charge in [-0.15, -0.1) is 0 Å². The van der Waals surface area contributed by atoms with Gasteiger partial charge in [0.05, 0.1) is 4.90 Å². The Labute approximate surface area is 133 Å². The minimum atomic E-state index is -3.48. The van der Waals surface area contributed by atoms with Crippen LogP contribution >= 0.6 is 15.9 Å². The molecule has 2 aromatic rings. The van der Waals surface area contributed by atoms with Crippen molar-refractivity contribution in [2.45, 2.75) is 18.0 Å². The third-order valence-electron chi connectivity index (χ3n) is 2.99. The summed E-state index contributed by atoms with van der Waals surface area (Å²) in [7, 11) is -1.63. The molecule has 112 valence electrons. The van der Waals surface area contributed by atoms with Crippen LogP contribution in [0.3, 0.4) is 0 Å². The van der Waals surface area contributed by atoms with Crippen molar-refractivity contribution in [2.75, 3.05) is 7.05 Å². The molecule has 0 saturated carbocycles. The third kappa shape index (κ3) is 4.64. The molecule has 0 radical (unpaired) electrons. The zero-order valence-corrected chi connectivity index (χ0v) is 14.0. The molecule has 0 aliphatic carbocycles. The van der Waals surface area contributed by atoms with Crippen LogP contribution < -0.4 is 10.0 Å². The summed E-state index contributed by atoms with van der Waals surface area (Å²) in [5, 5.41) is 3.02. The molecule has 0 saturated heterocycles. The number of rotatable bonds is 6. The molecule has 0 heterocycles. The Morgan fingerprint density at radius 3 is 2.00 bits per heavy atom. The van der Waals surface area contributed by atoms with Crippen LogP contribution in [0.5, 0.6) is 0 Å². The van der Waals surface area contributed by atoms with E-state index < -0.39 is 10.0 Å². The lowest BCUT2D eigenvalue weighted by molar-refractivity contribution is 0.581. The Morgan fingerprint density at radius 1 is 0.905 bits per heavy atom. The van der Waals surface area contributed by atoms with Crippen molar-refractivity contribution in [1.29, 1.82) is 0 Å². The zero-order chi connectivity index (χ0) is 15.3. The van der Waals surface area contributed by atoms with E-state index in [1.54, 1.807) is 12.1 Å². The first-order valence-electron chi connectivity index (χ1n) is 6.49. The lowest BCUT2D eigenvalue weighted by atomic mass is 10.2. The van der Waals surface area contributed by atoms with E-state index in [0.717, 1.165) is 15.6 Å². The second-order valence-electron chi connectivity index (χ2n) is 4.63. The first-order chi connectivity index (χ1) is 10.0. The predicted octanol–water partition coefficient (Wildman–Crippen LogP) is 2.65. The van der Waals surface area contributed by atoms with E-state index in [-0.39, 0.29) is 11.4 Å². The average molecular weight is 369 g/mol. The van der Waals surface area contributed by atoms with Crippen molar-refractivity contribution >= 4 is 26.0 Å². The lowest BCUT2D eigenvalue weighted by Gasteiger charge is -2.08. The number of sulfonamides is 1.